The van der Waals surface area contributed by atoms with Gasteiger partial charge in [0.15, 0.2) is 0 Å². The molecule has 2 N–H and O–H groups in total. The highest BCUT2D eigenvalue weighted by Crippen LogP contribution is 2.23. The Labute approximate surface area is 201 Å². The molecule has 0 heterocycles. The highest BCUT2D eigenvalue weighted by molar-refractivity contribution is 7.92. The standard InChI is InChI=1S/C26H31N3O4S/c1-18-9-10-19(2)25(15-18)34(31,32)28-22-13-11-20(12-14-22)26(30)27-17-24(29(3)4)21-7-6-8-23(16-21)33-5/h6-16,24,28H,17H2,1-5H3,(H,27,30)/t24-/m0/s1. The Bertz CT molecular complexity index is 1260. The van der Waals surface area contributed by atoms with Gasteiger partial charge in [0.05, 0.1) is 18.0 Å². The molecule has 0 aliphatic carbocycles. The molecule has 0 fully saturated rings. The summed E-state index contributed by atoms with van der Waals surface area (Å²) < 4.78 is 33.5. The van der Waals surface area contributed by atoms with Gasteiger partial charge in [-0.1, -0.05) is 24.3 Å². The normalized spacial score (nSPS) is 12.3. The van der Waals surface area contributed by atoms with Crippen molar-refractivity contribution >= 4 is 21.6 Å². The van der Waals surface area contributed by atoms with Crippen molar-refractivity contribution in [1.29, 1.82) is 0 Å². The minimum atomic E-state index is -3.73. The Morgan fingerprint density at radius 2 is 1.71 bits per heavy atom. The smallest absolute Gasteiger partial charge is 0.262 e. The molecule has 3 rings (SSSR count). The van der Waals surface area contributed by atoms with E-state index in [9.17, 15) is 13.2 Å². The number of ether oxygens (including phenoxy) is 1. The maximum Gasteiger partial charge on any atom is 0.262 e. The second-order valence-corrected chi connectivity index (χ2v) is 10.1. The maximum atomic E-state index is 12.8. The largest absolute Gasteiger partial charge is 0.497 e. The second-order valence-electron chi connectivity index (χ2n) is 8.42. The maximum absolute atomic E-state index is 12.8. The van der Waals surface area contributed by atoms with Crippen LogP contribution in [0.25, 0.3) is 0 Å². The van der Waals surface area contributed by atoms with E-state index in [4.69, 9.17) is 4.74 Å². The van der Waals surface area contributed by atoms with Crippen LogP contribution in [0.3, 0.4) is 0 Å². The minimum absolute atomic E-state index is 0.0392. The molecule has 180 valence electrons. The van der Waals surface area contributed by atoms with Gasteiger partial charge in [-0.2, -0.15) is 0 Å². The van der Waals surface area contributed by atoms with Crippen LogP contribution in [0.4, 0.5) is 5.69 Å². The third-order valence-corrected chi connectivity index (χ3v) is 7.11. The molecule has 1 atom stereocenters. The Morgan fingerprint density at radius 1 is 1.00 bits per heavy atom. The average Bonchev–Trinajstić information content (AvgIpc) is 2.80. The quantitative estimate of drug-likeness (QED) is 0.480. The number of nitrogens with zero attached hydrogens (tertiary/aromatic N) is 1. The molecule has 0 radical (unpaired) electrons. The molecule has 3 aromatic rings. The van der Waals surface area contributed by atoms with Gasteiger partial charge < -0.3 is 15.0 Å². The van der Waals surface area contributed by atoms with Crippen LogP contribution in [-0.2, 0) is 10.0 Å². The lowest BCUT2D eigenvalue weighted by molar-refractivity contribution is 0.0942. The van der Waals surface area contributed by atoms with E-state index in [2.05, 4.69) is 10.0 Å². The Kier molecular flexibility index (Phi) is 7.96. The van der Waals surface area contributed by atoms with E-state index in [0.29, 0.717) is 23.4 Å². The van der Waals surface area contributed by atoms with Gasteiger partial charge in [0.1, 0.15) is 5.75 Å². The van der Waals surface area contributed by atoms with Crippen molar-refractivity contribution in [1.82, 2.24) is 10.2 Å². The zero-order chi connectivity index (χ0) is 24.9. The number of rotatable bonds is 9. The molecule has 0 aromatic heterocycles. The number of amides is 1. The highest BCUT2D eigenvalue weighted by atomic mass is 32.2. The van der Waals surface area contributed by atoms with Crippen molar-refractivity contribution in [3.8, 4) is 5.75 Å². The SMILES string of the molecule is COc1cccc([C@H](CNC(=O)c2ccc(NS(=O)(=O)c3cc(C)ccc3C)cc2)N(C)C)c1. The molecule has 8 heteroatoms. The van der Waals surface area contributed by atoms with Gasteiger partial charge in [-0.3, -0.25) is 9.52 Å². The molecule has 1 amide bonds. The summed E-state index contributed by atoms with van der Waals surface area (Å²) in [7, 11) is 1.79. The first-order chi connectivity index (χ1) is 16.1. The van der Waals surface area contributed by atoms with E-state index in [0.717, 1.165) is 16.9 Å². The molecule has 0 saturated carbocycles. The molecule has 7 nitrogen and oxygen atoms in total. The monoisotopic (exact) mass is 481 g/mol. The van der Waals surface area contributed by atoms with Gasteiger partial charge in [-0.05, 0) is 87.1 Å². The summed E-state index contributed by atoms with van der Waals surface area (Å²) in [5.41, 5.74) is 3.39. The number of aryl methyl sites for hydroxylation is 2. The second kappa shape index (κ2) is 10.7. The van der Waals surface area contributed by atoms with Crippen LogP contribution in [0, 0.1) is 13.8 Å². The summed E-state index contributed by atoms with van der Waals surface area (Å²) in [6, 6.07) is 19.4. The predicted molar refractivity (Wildman–Crippen MR) is 135 cm³/mol. The topological polar surface area (TPSA) is 87.7 Å². The van der Waals surface area contributed by atoms with Crippen molar-refractivity contribution in [2.75, 3.05) is 32.5 Å². The first-order valence-corrected chi connectivity index (χ1v) is 12.4. The van der Waals surface area contributed by atoms with Crippen molar-refractivity contribution in [3.63, 3.8) is 0 Å². The molecule has 3 aromatic carbocycles. The van der Waals surface area contributed by atoms with Crippen LogP contribution in [0.1, 0.15) is 33.1 Å². The number of nitrogens with one attached hydrogen (secondary N) is 2. The third-order valence-electron chi connectivity index (χ3n) is 5.59. The number of benzene rings is 3. The molecule has 34 heavy (non-hydrogen) atoms. The van der Waals surface area contributed by atoms with Crippen LogP contribution >= 0.6 is 0 Å². The van der Waals surface area contributed by atoms with Crippen molar-refractivity contribution in [3.05, 3.63) is 89.0 Å². The number of carbonyl (C=O) groups excluding carboxylic acids is 1. The highest BCUT2D eigenvalue weighted by Gasteiger charge is 2.19. The number of carbonyl (C=O) groups is 1. The van der Waals surface area contributed by atoms with Crippen LogP contribution in [-0.4, -0.2) is 47.0 Å². The molecule has 0 aliphatic heterocycles. The van der Waals surface area contributed by atoms with Crippen LogP contribution in [0.15, 0.2) is 71.6 Å². The number of sulfonamides is 1. The number of hydrogen-bond donors (Lipinski definition) is 2. The Morgan fingerprint density at radius 3 is 2.35 bits per heavy atom. The molecule has 0 unspecified atom stereocenters. The molecule has 0 aliphatic rings. The van der Waals surface area contributed by atoms with E-state index >= 15 is 0 Å². The number of likely N-dealkylation sites (N-methyl/N-ethyl adjacent to an activating group) is 1. The summed E-state index contributed by atoms with van der Waals surface area (Å²) in [6.45, 7) is 4.01. The first-order valence-electron chi connectivity index (χ1n) is 10.9. The van der Waals surface area contributed by atoms with E-state index in [-0.39, 0.29) is 16.8 Å². The lowest BCUT2D eigenvalue weighted by Crippen LogP contribution is -2.34. The number of anilines is 1. The molecule has 0 spiro atoms. The third kappa shape index (κ3) is 6.15. The summed E-state index contributed by atoms with van der Waals surface area (Å²) in [4.78, 5) is 15.0. The number of methoxy groups -OCH3 is 1. The summed E-state index contributed by atoms with van der Waals surface area (Å²) in [5.74, 6) is 0.522. The van der Waals surface area contributed by atoms with E-state index in [1.165, 1.54) is 0 Å². The minimum Gasteiger partial charge on any atom is -0.497 e. The predicted octanol–water partition coefficient (Wildman–Crippen LogP) is 4.15. The zero-order valence-electron chi connectivity index (χ0n) is 20.1. The van der Waals surface area contributed by atoms with Crippen LogP contribution in [0.5, 0.6) is 5.75 Å². The first kappa shape index (κ1) is 25.3. The average molecular weight is 482 g/mol. The fourth-order valence-electron chi connectivity index (χ4n) is 3.64. The number of hydrogen-bond acceptors (Lipinski definition) is 5. The van der Waals surface area contributed by atoms with Gasteiger partial charge in [-0.25, -0.2) is 8.42 Å². The molecular weight excluding hydrogens is 450 g/mol. The van der Waals surface area contributed by atoms with Gasteiger partial charge >= 0.3 is 0 Å². The van der Waals surface area contributed by atoms with E-state index in [1.807, 2.05) is 56.3 Å². The molecular formula is C26H31N3O4S. The molecule has 0 bridgehead atoms. The summed E-state index contributed by atoms with van der Waals surface area (Å²) >= 11 is 0. The van der Waals surface area contributed by atoms with Gasteiger partial charge in [0, 0.05) is 17.8 Å². The van der Waals surface area contributed by atoms with Crippen molar-refractivity contribution < 1.29 is 17.9 Å². The van der Waals surface area contributed by atoms with Crippen LogP contribution in [0.2, 0.25) is 0 Å². The lowest BCUT2D eigenvalue weighted by Gasteiger charge is -2.25. The Hall–Kier alpha value is -3.36. The summed E-state index contributed by atoms with van der Waals surface area (Å²) in [6.07, 6.45) is 0. The molecule has 0 saturated heterocycles. The van der Waals surface area contributed by atoms with E-state index < -0.39 is 10.0 Å². The van der Waals surface area contributed by atoms with Crippen molar-refractivity contribution in [2.45, 2.75) is 24.8 Å². The fraction of sp³-hybridized carbons (Fsp3) is 0.269. The van der Waals surface area contributed by atoms with Crippen LogP contribution < -0.4 is 14.8 Å². The van der Waals surface area contributed by atoms with Gasteiger partial charge in [0.25, 0.3) is 15.9 Å². The van der Waals surface area contributed by atoms with Gasteiger partial charge in [-0.15, -0.1) is 0 Å². The van der Waals surface area contributed by atoms with Crippen molar-refractivity contribution in [2.24, 2.45) is 0 Å². The lowest BCUT2D eigenvalue weighted by atomic mass is 10.1. The Balaban J connectivity index is 1.68. The van der Waals surface area contributed by atoms with E-state index in [1.54, 1.807) is 50.4 Å². The van der Waals surface area contributed by atoms with Gasteiger partial charge in [0.2, 0.25) is 0 Å². The summed E-state index contributed by atoms with van der Waals surface area (Å²) in [5, 5.41) is 2.96. The fourth-order valence-corrected chi connectivity index (χ4v) is 5.02. The zero-order valence-corrected chi connectivity index (χ0v) is 20.9.